The minimum Gasteiger partial charge on any atom is -0.467 e. The number of esters is 1. The molecule has 0 saturated carbocycles. The fraction of sp³-hybridized carbons (Fsp3) is 0.235. The Morgan fingerprint density at radius 3 is 2.25 bits per heavy atom. The van der Waals surface area contributed by atoms with E-state index >= 15 is 0 Å². The maximum Gasteiger partial charge on any atom is 0.335 e. The van der Waals surface area contributed by atoms with Crippen LogP contribution in [0.1, 0.15) is 18.1 Å². The Balaban J connectivity index is 2.46. The third-order valence-electron chi connectivity index (χ3n) is 3.45. The summed E-state index contributed by atoms with van der Waals surface area (Å²) in [7, 11) is 1.41. The number of rotatable bonds is 4. The second kappa shape index (κ2) is 5.78. The fourth-order valence-electron chi connectivity index (χ4n) is 2.38. The van der Waals surface area contributed by atoms with Gasteiger partial charge in [-0.15, -0.1) is 0 Å². The number of hydrogen-bond acceptors (Lipinski definition) is 3. The molecule has 20 heavy (non-hydrogen) atoms. The highest BCUT2D eigenvalue weighted by Gasteiger charge is 2.37. The number of para-hydroxylation sites is 1. The van der Waals surface area contributed by atoms with E-state index in [0.29, 0.717) is 0 Å². The molecule has 0 bridgehead atoms. The fourth-order valence-corrected chi connectivity index (χ4v) is 2.38. The normalized spacial score (nSPS) is 13.3. The summed E-state index contributed by atoms with van der Waals surface area (Å²) in [6, 6.07) is 17.5. The van der Waals surface area contributed by atoms with Crippen LogP contribution < -0.4 is 5.32 Å². The van der Waals surface area contributed by atoms with Crippen LogP contribution in [0.15, 0.2) is 54.6 Å². The summed E-state index contributed by atoms with van der Waals surface area (Å²) < 4.78 is 5.00. The van der Waals surface area contributed by atoms with Crippen LogP contribution in [0.2, 0.25) is 0 Å². The van der Waals surface area contributed by atoms with E-state index in [4.69, 9.17) is 4.74 Å². The predicted molar refractivity (Wildman–Crippen MR) is 80.6 cm³/mol. The van der Waals surface area contributed by atoms with Gasteiger partial charge in [0.1, 0.15) is 0 Å². The van der Waals surface area contributed by atoms with Crippen molar-refractivity contribution in [3.63, 3.8) is 0 Å². The van der Waals surface area contributed by atoms with Crippen molar-refractivity contribution in [2.24, 2.45) is 0 Å². The van der Waals surface area contributed by atoms with Crippen LogP contribution in [0.5, 0.6) is 0 Å². The molecule has 0 amide bonds. The molecule has 0 spiro atoms. The molecule has 3 heteroatoms. The van der Waals surface area contributed by atoms with Crippen LogP contribution >= 0.6 is 0 Å². The molecule has 1 atom stereocenters. The zero-order valence-electron chi connectivity index (χ0n) is 12.0. The van der Waals surface area contributed by atoms with Crippen molar-refractivity contribution >= 4 is 11.7 Å². The Labute approximate surface area is 119 Å². The van der Waals surface area contributed by atoms with E-state index in [1.807, 2.05) is 68.4 Å². The van der Waals surface area contributed by atoms with Gasteiger partial charge in [0, 0.05) is 5.69 Å². The first-order valence-corrected chi connectivity index (χ1v) is 6.55. The van der Waals surface area contributed by atoms with Crippen LogP contribution in [-0.4, -0.2) is 13.1 Å². The molecular weight excluding hydrogens is 250 g/mol. The Hall–Kier alpha value is -2.29. The lowest BCUT2D eigenvalue weighted by Crippen LogP contribution is -2.42. The number of ether oxygens (including phenoxy) is 1. The molecule has 2 aromatic carbocycles. The maximum atomic E-state index is 12.3. The smallest absolute Gasteiger partial charge is 0.335 e. The summed E-state index contributed by atoms with van der Waals surface area (Å²) in [6.45, 7) is 3.83. The van der Waals surface area contributed by atoms with Crippen LogP contribution in [0, 0.1) is 6.92 Å². The first kappa shape index (κ1) is 14.1. The number of carbonyl (C=O) groups excluding carboxylic acids is 1. The lowest BCUT2D eigenvalue weighted by atomic mass is 9.88. The number of methoxy groups -OCH3 is 1. The quantitative estimate of drug-likeness (QED) is 0.863. The van der Waals surface area contributed by atoms with Crippen LogP contribution in [0.4, 0.5) is 5.69 Å². The highest BCUT2D eigenvalue weighted by atomic mass is 16.5. The summed E-state index contributed by atoms with van der Waals surface area (Å²) in [5.74, 6) is -0.310. The summed E-state index contributed by atoms with van der Waals surface area (Å²) in [5, 5.41) is 3.29. The lowest BCUT2D eigenvalue weighted by molar-refractivity contribution is -0.145. The van der Waals surface area contributed by atoms with E-state index in [1.165, 1.54) is 7.11 Å². The van der Waals surface area contributed by atoms with Crippen molar-refractivity contribution in [1.82, 2.24) is 0 Å². The molecule has 3 nitrogen and oxygen atoms in total. The lowest BCUT2D eigenvalue weighted by Gasteiger charge is -2.30. The van der Waals surface area contributed by atoms with Gasteiger partial charge in [-0.25, -0.2) is 4.79 Å². The molecule has 1 N–H and O–H groups in total. The third kappa shape index (κ3) is 2.67. The highest BCUT2D eigenvalue weighted by Crippen LogP contribution is 2.29. The van der Waals surface area contributed by atoms with E-state index in [-0.39, 0.29) is 5.97 Å². The Morgan fingerprint density at radius 2 is 1.65 bits per heavy atom. The van der Waals surface area contributed by atoms with Crippen molar-refractivity contribution in [2.45, 2.75) is 19.4 Å². The third-order valence-corrected chi connectivity index (χ3v) is 3.45. The van der Waals surface area contributed by atoms with E-state index in [0.717, 1.165) is 16.8 Å². The summed E-state index contributed by atoms with van der Waals surface area (Å²) in [4.78, 5) is 12.3. The van der Waals surface area contributed by atoms with Gasteiger partial charge in [-0.2, -0.15) is 0 Å². The SMILES string of the molecule is COC(=O)C(C)(Nc1ccccc1)c1ccccc1C. The van der Waals surface area contributed by atoms with Crippen LogP contribution in [0.25, 0.3) is 0 Å². The van der Waals surface area contributed by atoms with Gasteiger partial charge in [-0.1, -0.05) is 42.5 Å². The van der Waals surface area contributed by atoms with Gasteiger partial charge in [0.05, 0.1) is 7.11 Å². The summed E-state index contributed by atoms with van der Waals surface area (Å²) in [6.07, 6.45) is 0. The summed E-state index contributed by atoms with van der Waals surface area (Å²) >= 11 is 0. The van der Waals surface area contributed by atoms with Gasteiger partial charge in [-0.3, -0.25) is 0 Å². The molecular formula is C17H19NO2. The van der Waals surface area contributed by atoms with Gasteiger partial charge in [-0.05, 0) is 37.1 Å². The minimum absolute atomic E-state index is 0.310. The minimum atomic E-state index is -0.915. The van der Waals surface area contributed by atoms with Crippen molar-refractivity contribution < 1.29 is 9.53 Å². The van der Waals surface area contributed by atoms with Gasteiger partial charge in [0.2, 0.25) is 0 Å². The molecule has 1 unspecified atom stereocenters. The van der Waals surface area contributed by atoms with E-state index < -0.39 is 5.54 Å². The molecule has 2 rings (SSSR count). The van der Waals surface area contributed by atoms with Gasteiger partial charge >= 0.3 is 5.97 Å². The molecule has 0 saturated heterocycles. The van der Waals surface area contributed by atoms with Crippen LogP contribution in [-0.2, 0) is 15.1 Å². The highest BCUT2D eigenvalue weighted by molar-refractivity contribution is 5.86. The Morgan fingerprint density at radius 1 is 1.05 bits per heavy atom. The molecule has 0 fully saturated rings. The standard InChI is InChI=1S/C17H19NO2/c1-13-9-7-8-12-15(13)17(2,16(19)20-3)18-14-10-5-4-6-11-14/h4-12,18H,1-3H3. The molecule has 0 aromatic heterocycles. The largest absolute Gasteiger partial charge is 0.467 e. The van der Waals surface area contributed by atoms with Crippen LogP contribution in [0.3, 0.4) is 0 Å². The van der Waals surface area contributed by atoms with E-state index in [9.17, 15) is 4.79 Å². The van der Waals surface area contributed by atoms with Crippen molar-refractivity contribution in [3.05, 3.63) is 65.7 Å². The van der Waals surface area contributed by atoms with Crippen molar-refractivity contribution in [3.8, 4) is 0 Å². The maximum absolute atomic E-state index is 12.3. The molecule has 0 heterocycles. The first-order valence-electron chi connectivity index (χ1n) is 6.55. The monoisotopic (exact) mass is 269 g/mol. The number of benzene rings is 2. The number of nitrogens with one attached hydrogen (secondary N) is 1. The van der Waals surface area contributed by atoms with Gasteiger partial charge < -0.3 is 10.1 Å². The Bertz CT molecular complexity index is 595. The zero-order chi connectivity index (χ0) is 14.6. The molecule has 0 aliphatic rings. The number of aryl methyl sites for hydroxylation is 1. The van der Waals surface area contributed by atoms with E-state index in [1.54, 1.807) is 0 Å². The number of anilines is 1. The second-order valence-corrected chi connectivity index (χ2v) is 4.92. The van der Waals surface area contributed by atoms with Crippen molar-refractivity contribution in [2.75, 3.05) is 12.4 Å². The van der Waals surface area contributed by atoms with Gasteiger partial charge in [0.15, 0.2) is 5.54 Å². The molecule has 0 radical (unpaired) electrons. The van der Waals surface area contributed by atoms with Crippen molar-refractivity contribution in [1.29, 1.82) is 0 Å². The molecule has 2 aromatic rings. The average Bonchev–Trinajstić information content (AvgIpc) is 2.47. The second-order valence-electron chi connectivity index (χ2n) is 4.92. The summed E-state index contributed by atoms with van der Waals surface area (Å²) in [5.41, 5.74) is 1.92. The molecule has 0 aliphatic heterocycles. The Kier molecular flexibility index (Phi) is 4.08. The van der Waals surface area contributed by atoms with E-state index in [2.05, 4.69) is 5.32 Å². The first-order chi connectivity index (χ1) is 9.58. The number of hydrogen-bond donors (Lipinski definition) is 1. The predicted octanol–water partition coefficient (Wildman–Crippen LogP) is 3.50. The topological polar surface area (TPSA) is 38.3 Å². The number of carbonyl (C=O) groups is 1. The molecule has 104 valence electrons. The zero-order valence-corrected chi connectivity index (χ0v) is 12.0. The average molecular weight is 269 g/mol. The molecule has 0 aliphatic carbocycles. The van der Waals surface area contributed by atoms with Gasteiger partial charge in [0.25, 0.3) is 0 Å².